The molecule has 1 aromatic rings. The Morgan fingerprint density at radius 1 is 1.16 bits per heavy atom. The van der Waals surface area contributed by atoms with Crippen molar-refractivity contribution in [2.24, 2.45) is 9.81 Å². The van der Waals surface area contributed by atoms with Crippen LogP contribution in [0.4, 0.5) is 0 Å². The van der Waals surface area contributed by atoms with E-state index in [9.17, 15) is 8.42 Å². The number of aryl methyl sites for hydroxylation is 1. The number of benzene rings is 1. The Hall–Kier alpha value is -1.42. The Kier molecular flexibility index (Phi) is 3.63. The van der Waals surface area contributed by atoms with E-state index in [2.05, 4.69) is 4.40 Å². The summed E-state index contributed by atoms with van der Waals surface area (Å²) in [5.74, 6) is 0. The van der Waals surface area contributed by atoms with Crippen LogP contribution in [0.5, 0.6) is 0 Å². The molecule has 0 unspecified atom stereocenters. The molecule has 0 fully saturated rings. The second-order valence-electron chi connectivity index (χ2n) is 5.59. The van der Waals surface area contributed by atoms with Crippen LogP contribution in [-0.4, -0.2) is 14.1 Å². The normalized spacial score (nSPS) is 20.7. The van der Waals surface area contributed by atoms with Crippen LogP contribution in [0.25, 0.3) is 0 Å². The van der Waals surface area contributed by atoms with E-state index in [0.717, 1.165) is 18.4 Å². The molecule has 1 aliphatic carbocycles. The molecule has 19 heavy (non-hydrogen) atoms. The standard InChI is InChI=1S/C15H19NO2S/c1-12-7-9-13(10-8-12)19(17,18)16-14-6-4-5-11-15(14,2)3/h4,6-10H,5,11H2,1-3H3/b16-14-. The molecule has 0 saturated carbocycles. The highest BCUT2D eigenvalue weighted by Gasteiger charge is 2.27. The average Bonchev–Trinajstić information content (AvgIpc) is 2.32. The van der Waals surface area contributed by atoms with Crippen molar-refractivity contribution >= 4 is 15.7 Å². The largest absolute Gasteiger partial charge is 0.282 e. The minimum atomic E-state index is -3.61. The molecule has 0 aliphatic heterocycles. The third kappa shape index (κ3) is 3.13. The summed E-state index contributed by atoms with van der Waals surface area (Å²) in [6.07, 6.45) is 5.70. The summed E-state index contributed by atoms with van der Waals surface area (Å²) in [7, 11) is -3.61. The summed E-state index contributed by atoms with van der Waals surface area (Å²) >= 11 is 0. The first-order valence-corrected chi connectivity index (χ1v) is 7.84. The third-order valence-electron chi connectivity index (χ3n) is 3.44. The Balaban J connectivity index is 2.43. The molecule has 1 aromatic carbocycles. The lowest BCUT2D eigenvalue weighted by Crippen LogP contribution is -2.26. The lowest BCUT2D eigenvalue weighted by molar-refractivity contribution is 0.475. The molecule has 0 saturated heterocycles. The van der Waals surface area contributed by atoms with Crippen molar-refractivity contribution in [3.8, 4) is 0 Å². The van der Waals surface area contributed by atoms with Crippen LogP contribution in [-0.2, 0) is 10.0 Å². The van der Waals surface area contributed by atoms with Crippen LogP contribution < -0.4 is 0 Å². The van der Waals surface area contributed by atoms with Gasteiger partial charge in [-0.2, -0.15) is 12.8 Å². The number of rotatable bonds is 2. The fourth-order valence-corrected chi connectivity index (χ4v) is 3.19. The molecule has 2 rings (SSSR count). The Morgan fingerprint density at radius 3 is 2.37 bits per heavy atom. The van der Waals surface area contributed by atoms with Crippen molar-refractivity contribution < 1.29 is 8.42 Å². The van der Waals surface area contributed by atoms with Crippen molar-refractivity contribution in [1.82, 2.24) is 0 Å². The van der Waals surface area contributed by atoms with Crippen molar-refractivity contribution in [2.45, 2.75) is 38.5 Å². The highest BCUT2D eigenvalue weighted by molar-refractivity contribution is 7.90. The van der Waals surface area contributed by atoms with Gasteiger partial charge in [-0.05, 0) is 38.0 Å². The summed E-state index contributed by atoms with van der Waals surface area (Å²) < 4.78 is 28.6. The molecule has 4 heteroatoms. The summed E-state index contributed by atoms with van der Waals surface area (Å²) in [6.45, 7) is 5.98. The van der Waals surface area contributed by atoms with Gasteiger partial charge in [0.2, 0.25) is 0 Å². The number of allylic oxidation sites excluding steroid dienone is 2. The fourth-order valence-electron chi connectivity index (χ4n) is 2.04. The maximum Gasteiger partial charge on any atom is 0.282 e. The minimum Gasteiger partial charge on any atom is -0.199 e. The van der Waals surface area contributed by atoms with E-state index in [1.807, 2.05) is 32.9 Å². The van der Waals surface area contributed by atoms with Gasteiger partial charge >= 0.3 is 0 Å². The molecule has 0 spiro atoms. The highest BCUT2D eigenvalue weighted by atomic mass is 32.2. The predicted octanol–water partition coefficient (Wildman–Crippen LogP) is 3.50. The first-order chi connectivity index (χ1) is 8.81. The lowest BCUT2D eigenvalue weighted by atomic mass is 9.79. The van der Waals surface area contributed by atoms with Crippen molar-refractivity contribution in [2.75, 3.05) is 0 Å². The van der Waals surface area contributed by atoms with Crippen LogP contribution in [0.15, 0.2) is 45.7 Å². The van der Waals surface area contributed by atoms with E-state index in [4.69, 9.17) is 0 Å². The molecular formula is C15H19NO2S. The summed E-state index contributed by atoms with van der Waals surface area (Å²) in [5, 5.41) is 0. The molecule has 0 bridgehead atoms. The molecule has 3 nitrogen and oxygen atoms in total. The molecule has 0 radical (unpaired) electrons. The molecule has 0 heterocycles. The molecule has 102 valence electrons. The number of hydrogen-bond acceptors (Lipinski definition) is 2. The van der Waals surface area contributed by atoms with Crippen LogP contribution in [0, 0.1) is 12.3 Å². The summed E-state index contributed by atoms with van der Waals surface area (Å²) in [6, 6.07) is 6.78. The van der Waals surface area contributed by atoms with Gasteiger partial charge in [0.15, 0.2) is 0 Å². The van der Waals surface area contributed by atoms with Crippen LogP contribution >= 0.6 is 0 Å². The maximum absolute atomic E-state index is 12.3. The smallest absolute Gasteiger partial charge is 0.199 e. The average molecular weight is 277 g/mol. The molecule has 0 atom stereocenters. The van der Waals surface area contributed by atoms with Gasteiger partial charge in [0.1, 0.15) is 0 Å². The number of sulfonamides is 1. The van der Waals surface area contributed by atoms with Gasteiger partial charge in [0.05, 0.1) is 10.6 Å². The highest BCUT2D eigenvalue weighted by Crippen LogP contribution is 2.30. The van der Waals surface area contributed by atoms with E-state index >= 15 is 0 Å². The van der Waals surface area contributed by atoms with Gasteiger partial charge in [-0.1, -0.05) is 37.6 Å². The van der Waals surface area contributed by atoms with Crippen LogP contribution in [0.3, 0.4) is 0 Å². The summed E-state index contributed by atoms with van der Waals surface area (Å²) in [4.78, 5) is 0.250. The fraction of sp³-hybridized carbons (Fsp3) is 0.400. The lowest BCUT2D eigenvalue weighted by Gasteiger charge is -2.27. The first-order valence-electron chi connectivity index (χ1n) is 6.40. The molecule has 0 N–H and O–H groups in total. The zero-order valence-electron chi connectivity index (χ0n) is 11.6. The van der Waals surface area contributed by atoms with Crippen molar-refractivity contribution in [1.29, 1.82) is 0 Å². The van der Waals surface area contributed by atoms with Gasteiger partial charge < -0.3 is 0 Å². The summed E-state index contributed by atoms with van der Waals surface area (Å²) in [5.41, 5.74) is 1.48. The maximum atomic E-state index is 12.3. The monoisotopic (exact) mass is 277 g/mol. The topological polar surface area (TPSA) is 46.5 Å². The first kappa shape index (κ1) is 14.0. The number of hydrogen-bond donors (Lipinski definition) is 0. The van der Waals surface area contributed by atoms with Gasteiger partial charge in [-0.15, -0.1) is 0 Å². The predicted molar refractivity (Wildman–Crippen MR) is 78.0 cm³/mol. The van der Waals surface area contributed by atoms with Crippen molar-refractivity contribution in [3.63, 3.8) is 0 Å². The Bertz CT molecular complexity index is 623. The van der Waals surface area contributed by atoms with Gasteiger partial charge in [-0.3, -0.25) is 0 Å². The van der Waals surface area contributed by atoms with Gasteiger partial charge in [0, 0.05) is 5.41 Å². The number of nitrogens with zero attached hydrogens (tertiary/aromatic N) is 1. The van der Waals surface area contributed by atoms with E-state index in [-0.39, 0.29) is 10.3 Å². The van der Waals surface area contributed by atoms with Crippen LogP contribution in [0.2, 0.25) is 0 Å². The molecule has 1 aliphatic rings. The van der Waals surface area contributed by atoms with Crippen LogP contribution in [0.1, 0.15) is 32.3 Å². The SMILES string of the molecule is Cc1ccc(S(=O)(=O)/N=C2/C=CCCC2(C)C)cc1. The molecular weight excluding hydrogens is 258 g/mol. The van der Waals surface area contributed by atoms with E-state index in [0.29, 0.717) is 5.71 Å². The van der Waals surface area contributed by atoms with Gasteiger partial charge in [-0.25, -0.2) is 0 Å². The second-order valence-corrected chi connectivity index (χ2v) is 7.19. The molecule has 0 aromatic heterocycles. The van der Waals surface area contributed by atoms with Gasteiger partial charge in [0.25, 0.3) is 10.0 Å². The second kappa shape index (κ2) is 4.93. The van der Waals surface area contributed by atoms with E-state index in [1.165, 1.54) is 0 Å². The Morgan fingerprint density at radius 2 is 1.79 bits per heavy atom. The zero-order chi connectivity index (χ0) is 14.1. The zero-order valence-corrected chi connectivity index (χ0v) is 12.4. The quantitative estimate of drug-likeness (QED) is 0.830. The minimum absolute atomic E-state index is 0.188. The molecule has 0 amide bonds. The van der Waals surface area contributed by atoms with Crippen molar-refractivity contribution in [3.05, 3.63) is 42.0 Å². The van der Waals surface area contributed by atoms with E-state index in [1.54, 1.807) is 24.3 Å². The van der Waals surface area contributed by atoms with E-state index < -0.39 is 10.0 Å². The third-order valence-corrected chi connectivity index (χ3v) is 4.75. The Labute approximate surface area is 115 Å².